The van der Waals surface area contributed by atoms with Gasteiger partial charge in [-0.05, 0) is 55.3 Å². The zero-order valence-corrected chi connectivity index (χ0v) is 16.0. The molecule has 5 atom stereocenters. The van der Waals surface area contributed by atoms with Gasteiger partial charge in [0.05, 0.1) is 6.04 Å². The number of hydrogen-bond donors (Lipinski definition) is 4. The number of benzene rings is 1. The van der Waals surface area contributed by atoms with Crippen LogP contribution < -0.4 is 21.4 Å². The Kier molecular flexibility index (Phi) is 5.59. The van der Waals surface area contributed by atoms with E-state index >= 15 is 0 Å². The summed E-state index contributed by atoms with van der Waals surface area (Å²) in [5.74, 6) is 0.260. The van der Waals surface area contributed by atoms with Gasteiger partial charge >= 0.3 is 0 Å². The van der Waals surface area contributed by atoms with E-state index in [-0.39, 0.29) is 36.3 Å². The van der Waals surface area contributed by atoms with Gasteiger partial charge in [-0.25, -0.2) is 0 Å². The summed E-state index contributed by atoms with van der Waals surface area (Å²) < 4.78 is 0. The van der Waals surface area contributed by atoms with Gasteiger partial charge in [0.25, 0.3) is 0 Å². The minimum absolute atomic E-state index is 0.0273. The molecule has 0 bridgehead atoms. The zero-order chi connectivity index (χ0) is 18.8. The van der Waals surface area contributed by atoms with Gasteiger partial charge in [0.1, 0.15) is 12.4 Å². The SMILES string of the molecule is C=CC1CC(C(=O)N[C@@H]2CCc3cc(C4NOC(CC)N4)ccc32)CCN1. The van der Waals surface area contributed by atoms with E-state index in [0.717, 1.165) is 38.6 Å². The van der Waals surface area contributed by atoms with Crippen LogP contribution in [0.3, 0.4) is 0 Å². The Hall–Kier alpha value is -1.73. The number of aryl methyl sites for hydroxylation is 1. The van der Waals surface area contributed by atoms with Crippen molar-refractivity contribution in [3.8, 4) is 0 Å². The molecule has 2 aliphatic heterocycles. The van der Waals surface area contributed by atoms with Crippen LogP contribution in [-0.4, -0.2) is 24.7 Å². The Morgan fingerprint density at radius 2 is 2.30 bits per heavy atom. The molecule has 146 valence electrons. The second-order valence-corrected chi connectivity index (χ2v) is 7.81. The van der Waals surface area contributed by atoms with Crippen molar-refractivity contribution in [2.24, 2.45) is 5.92 Å². The first-order valence-corrected chi connectivity index (χ1v) is 10.1. The summed E-state index contributed by atoms with van der Waals surface area (Å²) in [5, 5.41) is 10.1. The van der Waals surface area contributed by atoms with Crippen molar-refractivity contribution >= 4 is 5.91 Å². The number of carbonyl (C=O) groups is 1. The Balaban J connectivity index is 1.40. The minimum Gasteiger partial charge on any atom is -0.349 e. The second kappa shape index (κ2) is 8.10. The molecular formula is C21H30N4O2. The Morgan fingerprint density at radius 1 is 1.41 bits per heavy atom. The Labute approximate surface area is 161 Å². The highest BCUT2D eigenvalue weighted by Crippen LogP contribution is 2.34. The van der Waals surface area contributed by atoms with Crippen molar-refractivity contribution in [1.29, 1.82) is 0 Å². The fraction of sp³-hybridized carbons (Fsp3) is 0.571. The van der Waals surface area contributed by atoms with E-state index < -0.39 is 0 Å². The summed E-state index contributed by atoms with van der Waals surface area (Å²) in [6.07, 6.45) is 6.62. The van der Waals surface area contributed by atoms with Crippen molar-refractivity contribution in [3.63, 3.8) is 0 Å². The highest BCUT2D eigenvalue weighted by molar-refractivity contribution is 5.79. The van der Waals surface area contributed by atoms with Gasteiger partial charge in [-0.2, -0.15) is 5.48 Å². The fourth-order valence-corrected chi connectivity index (χ4v) is 4.39. The third-order valence-corrected chi connectivity index (χ3v) is 6.04. The molecule has 27 heavy (non-hydrogen) atoms. The number of hydrogen-bond acceptors (Lipinski definition) is 5. The quantitative estimate of drug-likeness (QED) is 0.598. The number of rotatable bonds is 5. The largest absolute Gasteiger partial charge is 0.349 e. The molecule has 4 N–H and O–H groups in total. The van der Waals surface area contributed by atoms with Crippen molar-refractivity contribution in [1.82, 2.24) is 21.4 Å². The molecule has 4 rings (SSSR count). The maximum absolute atomic E-state index is 12.8. The first-order valence-electron chi connectivity index (χ1n) is 10.1. The van der Waals surface area contributed by atoms with Gasteiger partial charge < -0.3 is 10.6 Å². The standard InChI is InChI=1S/C21H30N4O2/c1-3-16-12-15(9-10-22-16)21(26)23-18-8-6-13-11-14(5-7-17(13)18)20-24-19(4-2)27-25-20/h3,5,7,11,15-16,18-20,22,24-25H,1,4,6,8-10,12H2,2H3,(H,23,26)/t15?,16?,18-,19?,20?/m1/s1. The molecule has 3 aliphatic rings. The smallest absolute Gasteiger partial charge is 0.223 e. The van der Waals surface area contributed by atoms with Crippen LogP contribution in [0.4, 0.5) is 0 Å². The number of carbonyl (C=O) groups excluding carboxylic acids is 1. The van der Waals surface area contributed by atoms with Crippen LogP contribution >= 0.6 is 0 Å². The van der Waals surface area contributed by atoms with Gasteiger partial charge in [-0.1, -0.05) is 31.2 Å². The lowest BCUT2D eigenvalue weighted by Crippen LogP contribution is -2.43. The van der Waals surface area contributed by atoms with Crippen LogP contribution in [0.2, 0.25) is 0 Å². The van der Waals surface area contributed by atoms with Crippen molar-refractivity contribution in [2.45, 2.75) is 63.5 Å². The summed E-state index contributed by atoms with van der Waals surface area (Å²) in [4.78, 5) is 18.3. The molecule has 2 heterocycles. The molecule has 6 nitrogen and oxygen atoms in total. The molecule has 6 heteroatoms. The van der Waals surface area contributed by atoms with Gasteiger partial charge in [0.2, 0.25) is 5.91 Å². The average Bonchev–Trinajstić information content (AvgIpc) is 3.35. The predicted molar refractivity (Wildman–Crippen MR) is 105 cm³/mol. The average molecular weight is 370 g/mol. The van der Waals surface area contributed by atoms with E-state index in [0.29, 0.717) is 0 Å². The molecule has 1 aromatic rings. The van der Waals surface area contributed by atoms with Gasteiger partial charge in [0, 0.05) is 12.0 Å². The number of hydroxylamine groups is 1. The second-order valence-electron chi connectivity index (χ2n) is 7.81. The molecule has 0 saturated carbocycles. The first kappa shape index (κ1) is 18.6. The van der Waals surface area contributed by atoms with Crippen molar-refractivity contribution < 1.29 is 9.63 Å². The van der Waals surface area contributed by atoms with Crippen molar-refractivity contribution in [3.05, 3.63) is 47.5 Å². The summed E-state index contributed by atoms with van der Waals surface area (Å²) in [6, 6.07) is 6.91. The highest BCUT2D eigenvalue weighted by Gasteiger charge is 2.31. The van der Waals surface area contributed by atoms with Crippen LogP contribution in [0.1, 0.15) is 61.5 Å². The van der Waals surface area contributed by atoms with E-state index in [1.54, 1.807) is 0 Å². The van der Waals surface area contributed by atoms with E-state index in [1.165, 1.54) is 16.7 Å². The molecule has 0 aromatic heterocycles. The third-order valence-electron chi connectivity index (χ3n) is 6.04. The molecule has 4 unspecified atom stereocenters. The number of nitrogens with one attached hydrogen (secondary N) is 4. The van der Waals surface area contributed by atoms with Crippen LogP contribution in [0.5, 0.6) is 0 Å². The fourth-order valence-electron chi connectivity index (χ4n) is 4.39. The van der Waals surface area contributed by atoms with Gasteiger partial charge in [-0.15, -0.1) is 6.58 Å². The first-order chi connectivity index (χ1) is 13.2. The van der Waals surface area contributed by atoms with Crippen LogP contribution in [0.25, 0.3) is 0 Å². The van der Waals surface area contributed by atoms with Crippen LogP contribution in [-0.2, 0) is 16.1 Å². The number of piperidine rings is 1. The predicted octanol–water partition coefficient (Wildman–Crippen LogP) is 2.20. The molecule has 1 aliphatic carbocycles. The molecule has 2 saturated heterocycles. The van der Waals surface area contributed by atoms with E-state index in [9.17, 15) is 4.79 Å². The maximum atomic E-state index is 12.8. The monoisotopic (exact) mass is 370 g/mol. The number of fused-ring (bicyclic) bond motifs is 1. The minimum atomic E-state index is 0.0273. The van der Waals surface area contributed by atoms with Crippen molar-refractivity contribution in [2.75, 3.05) is 6.54 Å². The molecular weight excluding hydrogens is 340 g/mol. The van der Waals surface area contributed by atoms with Crippen LogP contribution in [0.15, 0.2) is 30.9 Å². The lowest BCUT2D eigenvalue weighted by Gasteiger charge is -2.28. The summed E-state index contributed by atoms with van der Waals surface area (Å²) in [7, 11) is 0. The molecule has 0 radical (unpaired) electrons. The van der Waals surface area contributed by atoms with E-state index in [1.807, 2.05) is 6.08 Å². The number of amides is 1. The summed E-state index contributed by atoms with van der Waals surface area (Å²) >= 11 is 0. The lowest BCUT2D eigenvalue weighted by atomic mass is 9.91. The Morgan fingerprint density at radius 3 is 3.07 bits per heavy atom. The Bertz CT molecular complexity index is 707. The molecule has 1 amide bonds. The maximum Gasteiger partial charge on any atom is 0.223 e. The summed E-state index contributed by atoms with van der Waals surface area (Å²) in [5.41, 5.74) is 6.84. The molecule has 2 fully saturated rings. The molecule has 1 aromatic carbocycles. The molecule has 0 spiro atoms. The zero-order valence-electron chi connectivity index (χ0n) is 16.0. The van der Waals surface area contributed by atoms with Gasteiger partial charge in [0.15, 0.2) is 0 Å². The summed E-state index contributed by atoms with van der Waals surface area (Å²) in [6.45, 7) is 6.82. The topological polar surface area (TPSA) is 74.4 Å². The van der Waals surface area contributed by atoms with E-state index in [2.05, 4.69) is 53.1 Å². The van der Waals surface area contributed by atoms with Crippen LogP contribution in [0, 0.1) is 5.92 Å². The normalized spacial score (nSPS) is 32.9. The van der Waals surface area contributed by atoms with Gasteiger partial charge in [-0.3, -0.25) is 14.9 Å². The third kappa shape index (κ3) is 3.94. The van der Waals surface area contributed by atoms with E-state index in [4.69, 9.17) is 4.84 Å². The lowest BCUT2D eigenvalue weighted by molar-refractivity contribution is -0.126. The highest BCUT2D eigenvalue weighted by atomic mass is 16.7.